The molecule has 1 aromatic heterocycles. The highest BCUT2D eigenvalue weighted by molar-refractivity contribution is 5.80. The maximum Gasteiger partial charge on any atom is 0.266 e. The van der Waals surface area contributed by atoms with Crippen molar-refractivity contribution in [3.05, 3.63) is 106 Å². The van der Waals surface area contributed by atoms with Crippen LogP contribution in [0.15, 0.2) is 83.7 Å². The lowest BCUT2D eigenvalue weighted by atomic mass is 9.87. The molecule has 1 heterocycles. The number of carbonyl (C=O) groups is 1. The number of amides is 1. The van der Waals surface area contributed by atoms with Gasteiger partial charge in [-0.2, -0.15) is 0 Å². The fraction of sp³-hybridized carbons (Fsp3) is 0.364. The minimum absolute atomic E-state index is 0.0194. The third-order valence-electron chi connectivity index (χ3n) is 7.90. The lowest BCUT2D eigenvalue weighted by molar-refractivity contribution is -0.140. The highest BCUT2D eigenvalue weighted by Crippen LogP contribution is 2.33. The van der Waals surface area contributed by atoms with Gasteiger partial charge in [-0.1, -0.05) is 87.7 Å². The molecule has 5 nitrogen and oxygen atoms in total. The zero-order valence-electron chi connectivity index (χ0n) is 22.5. The van der Waals surface area contributed by atoms with Gasteiger partial charge in [0.2, 0.25) is 5.91 Å². The SMILES string of the molecule is CCc1ccc(-n2c(C(CC)N(Cc3ccccc3)C(=O)C3CCCCC3)nc3ccccc3c2=O)cc1. The molecule has 1 fully saturated rings. The summed E-state index contributed by atoms with van der Waals surface area (Å²) in [7, 11) is 0. The van der Waals surface area contributed by atoms with Gasteiger partial charge in [-0.05, 0) is 61.1 Å². The van der Waals surface area contributed by atoms with E-state index in [-0.39, 0.29) is 23.4 Å². The Bertz CT molecular complexity index is 1440. The molecule has 0 bridgehead atoms. The second kappa shape index (κ2) is 11.8. The van der Waals surface area contributed by atoms with E-state index >= 15 is 0 Å². The van der Waals surface area contributed by atoms with E-state index in [4.69, 9.17) is 4.98 Å². The van der Waals surface area contributed by atoms with E-state index in [2.05, 4.69) is 38.1 Å². The Morgan fingerprint density at radius 3 is 2.26 bits per heavy atom. The lowest BCUT2D eigenvalue weighted by Crippen LogP contribution is -2.41. The lowest BCUT2D eigenvalue weighted by Gasteiger charge is -2.36. The molecular formula is C33H37N3O2. The molecular weight excluding hydrogens is 470 g/mol. The van der Waals surface area contributed by atoms with E-state index < -0.39 is 0 Å². The fourth-order valence-electron chi connectivity index (χ4n) is 5.75. The number of hydrogen-bond acceptors (Lipinski definition) is 3. The van der Waals surface area contributed by atoms with Crippen LogP contribution in [0.2, 0.25) is 0 Å². The summed E-state index contributed by atoms with van der Waals surface area (Å²) in [5.74, 6) is 0.821. The molecule has 0 saturated heterocycles. The molecule has 196 valence electrons. The molecule has 38 heavy (non-hydrogen) atoms. The van der Waals surface area contributed by atoms with Gasteiger partial charge in [0.25, 0.3) is 5.56 Å². The van der Waals surface area contributed by atoms with Crippen LogP contribution in [0, 0.1) is 5.92 Å². The second-order valence-corrected chi connectivity index (χ2v) is 10.4. The minimum Gasteiger partial charge on any atom is -0.328 e. The van der Waals surface area contributed by atoms with Gasteiger partial charge in [0.15, 0.2) is 0 Å². The largest absolute Gasteiger partial charge is 0.328 e. The van der Waals surface area contributed by atoms with Crippen molar-refractivity contribution in [3.63, 3.8) is 0 Å². The van der Waals surface area contributed by atoms with E-state index in [0.717, 1.165) is 43.4 Å². The Morgan fingerprint density at radius 2 is 1.58 bits per heavy atom. The van der Waals surface area contributed by atoms with Gasteiger partial charge < -0.3 is 4.90 Å². The second-order valence-electron chi connectivity index (χ2n) is 10.4. The summed E-state index contributed by atoms with van der Waals surface area (Å²) in [6, 6.07) is 25.5. The molecule has 0 radical (unpaired) electrons. The number of rotatable bonds is 8. The van der Waals surface area contributed by atoms with Crippen molar-refractivity contribution >= 4 is 16.8 Å². The molecule has 5 rings (SSSR count). The quantitative estimate of drug-likeness (QED) is 0.258. The number of fused-ring (bicyclic) bond motifs is 1. The number of aryl methyl sites for hydroxylation is 1. The third-order valence-corrected chi connectivity index (χ3v) is 7.90. The van der Waals surface area contributed by atoms with E-state index in [9.17, 15) is 9.59 Å². The first kappa shape index (κ1) is 25.9. The Balaban J connectivity index is 1.68. The molecule has 1 aliphatic carbocycles. The first-order valence-electron chi connectivity index (χ1n) is 14.1. The van der Waals surface area contributed by atoms with Crippen molar-refractivity contribution in [1.29, 1.82) is 0 Å². The molecule has 4 aromatic rings. The fourth-order valence-corrected chi connectivity index (χ4v) is 5.75. The van der Waals surface area contributed by atoms with Gasteiger partial charge in [0.05, 0.1) is 22.6 Å². The van der Waals surface area contributed by atoms with E-state index in [1.807, 2.05) is 59.5 Å². The predicted molar refractivity (Wildman–Crippen MR) is 153 cm³/mol. The number of hydrogen-bond donors (Lipinski definition) is 0. The van der Waals surface area contributed by atoms with Crippen LogP contribution in [0.4, 0.5) is 0 Å². The van der Waals surface area contributed by atoms with Crippen molar-refractivity contribution in [3.8, 4) is 5.69 Å². The van der Waals surface area contributed by atoms with E-state index in [1.54, 1.807) is 4.57 Å². The summed E-state index contributed by atoms with van der Waals surface area (Å²) in [4.78, 5) is 35.2. The first-order chi connectivity index (χ1) is 18.6. The zero-order chi connectivity index (χ0) is 26.5. The van der Waals surface area contributed by atoms with Crippen LogP contribution >= 0.6 is 0 Å². The summed E-state index contributed by atoms with van der Waals surface area (Å²) in [5.41, 5.74) is 3.64. The number of benzene rings is 3. The Morgan fingerprint density at radius 1 is 0.895 bits per heavy atom. The van der Waals surface area contributed by atoms with Crippen molar-refractivity contribution in [1.82, 2.24) is 14.5 Å². The molecule has 1 amide bonds. The highest BCUT2D eigenvalue weighted by Gasteiger charge is 2.33. The van der Waals surface area contributed by atoms with Gasteiger partial charge in [-0.25, -0.2) is 4.98 Å². The third kappa shape index (κ3) is 5.28. The topological polar surface area (TPSA) is 55.2 Å². The van der Waals surface area contributed by atoms with E-state index in [1.165, 1.54) is 12.0 Å². The monoisotopic (exact) mass is 507 g/mol. The van der Waals surface area contributed by atoms with Gasteiger partial charge in [0.1, 0.15) is 5.82 Å². The molecule has 1 saturated carbocycles. The first-order valence-corrected chi connectivity index (χ1v) is 14.1. The molecule has 0 N–H and O–H groups in total. The van der Waals surface area contributed by atoms with Crippen LogP contribution in [0.5, 0.6) is 0 Å². The number of carbonyl (C=O) groups excluding carboxylic acids is 1. The maximum atomic E-state index is 14.2. The molecule has 1 unspecified atom stereocenters. The molecule has 1 aliphatic rings. The smallest absolute Gasteiger partial charge is 0.266 e. The molecule has 3 aromatic carbocycles. The van der Waals surface area contributed by atoms with Crippen molar-refractivity contribution in [2.24, 2.45) is 5.92 Å². The van der Waals surface area contributed by atoms with Gasteiger partial charge in [0, 0.05) is 12.5 Å². The minimum atomic E-state index is -0.340. The summed E-state index contributed by atoms with van der Waals surface area (Å²) in [6.07, 6.45) is 6.82. The number of aromatic nitrogens is 2. The maximum absolute atomic E-state index is 14.2. The predicted octanol–water partition coefficient (Wildman–Crippen LogP) is 7.01. The van der Waals surface area contributed by atoms with Crippen LogP contribution in [-0.4, -0.2) is 20.4 Å². The van der Waals surface area contributed by atoms with Crippen LogP contribution in [0.25, 0.3) is 16.6 Å². The average molecular weight is 508 g/mol. The van der Waals surface area contributed by atoms with E-state index in [0.29, 0.717) is 29.7 Å². The van der Waals surface area contributed by atoms with Crippen molar-refractivity contribution in [2.45, 2.75) is 71.4 Å². The average Bonchev–Trinajstić information content (AvgIpc) is 2.98. The number of para-hydroxylation sites is 1. The Hall–Kier alpha value is -3.73. The van der Waals surface area contributed by atoms with Gasteiger partial charge in [-0.3, -0.25) is 14.2 Å². The summed E-state index contributed by atoms with van der Waals surface area (Å²) >= 11 is 0. The van der Waals surface area contributed by atoms with Crippen LogP contribution in [-0.2, 0) is 17.8 Å². The summed E-state index contributed by atoms with van der Waals surface area (Å²) in [5, 5.41) is 0.582. The van der Waals surface area contributed by atoms with Gasteiger partial charge in [-0.15, -0.1) is 0 Å². The molecule has 1 atom stereocenters. The molecule has 0 aliphatic heterocycles. The Kier molecular flexibility index (Phi) is 8.02. The van der Waals surface area contributed by atoms with Crippen LogP contribution < -0.4 is 5.56 Å². The van der Waals surface area contributed by atoms with Crippen LogP contribution in [0.3, 0.4) is 0 Å². The zero-order valence-corrected chi connectivity index (χ0v) is 22.5. The molecule has 0 spiro atoms. The summed E-state index contributed by atoms with van der Waals surface area (Å²) in [6.45, 7) is 4.70. The number of nitrogens with zero attached hydrogens (tertiary/aromatic N) is 3. The molecule has 5 heteroatoms. The normalized spacial score (nSPS) is 14.9. The van der Waals surface area contributed by atoms with Gasteiger partial charge >= 0.3 is 0 Å². The Labute approximate surface area is 225 Å². The highest BCUT2D eigenvalue weighted by atomic mass is 16.2. The van der Waals surface area contributed by atoms with Crippen molar-refractivity contribution < 1.29 is 4.79 Å². The van der Waals surface area contributed by atoms with Crippen LogP contribution in [0.1, 0.15) is 75.4 Å². The van der Waals surface area contributed by atoms with Crippen molar-refractivity contribution in [2.75, 3.05) is 0 Å². The standard InChI is InChI=1S/C33H37N3O2/c1-3-24-19-21-27(22-20-24)36-31(34-29-18-12-11-17-28(29)33(36)38)30(4-2)35(23-25-13-7-5-8-14-25)32(37)26-15-9-6-10-16-26/h5,7-8,11-14,17-22,26,30H,3-4,6,9-10,15-16,23H2,1-2H3. The summed E-state index contributed by atoms with van der Waals surface area (Å²) < 4.78 is 1.74.